The Morgan fingerprint density at radius 2 is 1.91 bits per heavy atom. The fourth-order valence-corrected chi connectivity index (χ4v) is 3.12. The van der Waals surface area contributed by atoms with Crippen LogP contribution in [0, 0.1) is 15.9 Å². The van der Waals surface area contributed by atoms with E-state index in [2.05, 4.69) is 15.3 Å². The SMILES string of the molecule is COc1nc([N+](=O)[O-])cn1CCCOc1ccccc1-n1cc(-c2ccc(F)cc2)nn1. The molecule has 164 valence electrons. The summed E-state index contributed by atoms with van der Waals surface area (Å²) in [5.41, 5.74) is 2.05. The Morgan fingerprint density at radius 3 is 2.66 bits per heavy atom. The summed E-state index contributed by atoms with van der Waals surface area (Å²) in [5, 5.41) is 19.2. The maximum atomic E-state index is 13.2. The Labute approximate surface area is 182 Å². The summed E-state index contributed by atoms with van der Waals surface area (Å²) in [6, 6.07) is 13.6. The van der Waals surface area contributed by atoms with Crippen molar-refractivity contribution in [2.45, 2.75) is 13.0 Å². The number of hydrogen-bond acceptors (Lipinski definition) is 7. The molecule has 0 amide bonds. The maximum Gasteiger partial charge on any atom is 0.413 e. The van der Waals surface area contributed by atoms with E-state index in [-0.39, 0.29) is 17.6 Å². The van der Waals surface area contributed by atoms with Crippen molar-refractivity contribution in [3.8, 4) is 28.7 Å². The first-order valence-corrected chi connectivity index (χ1v) is 9.71. The summed E-state index contributed by atoms with van der Waals surface area (Å²) in [6.07, 6.45) is 3.64. The van der Waals surface area contributed by atoms with E-state index in [9.17, 15) is 14.5 Å². The number of halogens is 1. The van der Waals surface area contributed by atoms with Gasteiger partial charge in [-0.2, -0.15) is 0 Å². The van der Waals surface area contributed by atoms with Gasteiger partial charge in [0, 0.05) is 17.1 Å². The van der Waals surface area contributed by atoms with Gasteiger partial charge < -0.3 is 19.6 Å². The number of imidazole rings is 1. The topological polar surface area (TPSA) is 110 Å². The van der Waals surface area contributed by atoms with E-state index in [1.165, 1.54) is 25.4 Å². The van der Waals surface area contributed by atoms with Gasteiger partial charge in [-0.3, -0.25) is 4.57 Å². The van der Waals surface area contributed by atoms with Gasteiger partial charge in [-0.25, -0.2) is 9.07 Å². The lowest BCUT2D eigenvalue weighted by atomic mass is 10.2. The number of nitro groups is 1. The summed E-state index contributed by atoms with van der Waals surface area (Å²) >= 11 is 0. The standard InChI is InChI=1S/C21H19FN6O4/c1-31-21-23-20(28(29)30)14-26(21)11-4-12-32-19-6-3-2-5-18(19)27-13-17(24-25-27)15-7-9-16(22)10-8-15/h2-3,5-10,13-14H,4,11-12H2,1H3. The van der Waals surface area contributed by atoms with Crippen molar-refractivity contribution in [2.75, 3.05) is 13.7 Å². The Bertz CT molecular complexity index is 1220. The molecule has 2 aromatic heterocycles. The summed E-state index contributed by atoms with van der Waals surface area (Å²) < 4.78 is 27.3. The lowest BCUT2D eigenvalue weighted by Gasteiger charge is -2.11. The van der Waals surface area contributed by atoms with Gasteiger partial charge in [0.2, 0.25) is 0 Å². The van der Waals surface area contributed by atoms with Crippen LogP contribution < -0.4 is 9.47 Å². The monoisotopic (exact) mass is 438 g/mol. The van der Waals surface area contributed by atoms with Crippen LogP contribution in [0.1, 0.15) is 6.42 Å². The molecule has 0 aliphatic rings. The second-order valence-electron chi connectivity index (χ2n) is 6.76. The van der Waals surface area contributed by atoms with E-state index in [0.29, 0.717) is 36.7 Å². The molecule has 0 atom stereocenters. The van der Waals surface area contributed by atoms with Crippen molar-refractivity contribution in [3.63, 3.8) is 0 Å². The van der Waals surface area contributed by atoms with E-state index in [1.54, 1.807) is 27.6 Å². The van der Waals surface area contributed by atoms with E-state index in [1.807, 2.05) is 24.3 Å². The molecule has 4 aromatic rings. The average Bonchev–Trinajstić information content (AvgIpc) is 3.45. The fraction of sp³-hybridized carbons (Fsp3) is 0.190. The minimum atomic E-state index is -0.565. The number of nitrogens with zero attached hydrogens (tertiary/aromatic N) is 6. The highest BCUT2D eigenvalue weighted by atomic mass is 19.1. The van der Waals surface area contributed by atoms with Crippen LogP contribution in [0.4, 0.5) is 10.2 Å². The zero-order valence-electron chi connectivity index (χ0n) is 17.1. The quantitative estimate of drug-likeness (QED) is 0.223. The summed E-state index contributed by atoms with van der Waals surface area (Å²) in [6.45, 7) is 0.788. The first kappa shape index (κ1) is 21.0. The van der Waals surface area contributed by atoms with E-state index in [4.69, 9.17) is 9.47 Å². The van der Waals surface area contributed by atoms with Crippen LogP contribution in [0.25, 0.3) is 16.9 Å². The fourth-order valence-electron chi connectivity index (χ4n) is 3.12. The number of methoxy groups -OCH3 is 1. The molecule has 0 bridgehead atoms. The lowest BCUT2D eigenvalue weighted by molar-refractivity contribution is -0.389. The van der Waals surface area contributed by atoms with E-state index >= 15 is 0 Å². The largest absolute Gasteiger partial charge is 0.491 e. The predicted octanol–water partition coefficient (Wildman–Crippen LogP) is 3.66. The second-order valence-corrected chi connectivity index (χ2v) is 6.76. The van der Waals surface area contributed by atoms with Crippen molar-refractivity contribution in [1.29, 1.82) is 0 Å². The zero-order valence-corrected chi connectivity index (χ0v) is 17.1. The predicted molar refractivity (Wildman–Crippen MR) is 112 cm³/mol. The molecule has 0 N–H and O–H groups in total. The van der Waals surface area contributed by atoms with Gasteiger partial charge in [0.1, 0.15) is 29.1 Å². The van der Waals surface area contributed by atoms with Crippen LogP contribution in [0.2, 0.25) is 0 Å². The highest BCUT2D eigenvalue weighted by Gasteiger charge is 2.19. The van der Waals surface area contributed by atoms with Crippen LogP contribution in [0.5, 0.6) is 11.8 Å². The number of para-hydroxylation sites is 2. The van der Waals surface area contributed by atoms with Crippen LogP contribution >= 0.6 is 0 Å². The molecular formula is C21H19FN6O4. The first-order chi connectivity index (χ1) is 15.5. The molecule has 32 heavy (non-hydrogen) atoms. The number of aryl methyl sites for hydroxylation is 1. The second kappa shape index (κ2) is 9.25. The summed E-state index contributed by atoms with van der Waals surface area (Å²) in [7, 11) is 1.41. The molecule has 0 fully saturated rings. The number of aromatic nitrogens is 5. The Kier molecular flexibility index (Phi) is 6.06. The molecule has 11 heteroatoms. The van der Waals surface area contributed by atoms with Gasteiger partial charge in [-0.1, -0.05) is 17.3 Å². The molecule has 0 radical (unpaired) electrons. The molecule has 10 nitrogen and oxygen atoms in total. The third-order valence-corrected chi connectivity index (χ3v) is 4.64. The normalized spacial score (nSPS) is 10.8. The molecule has 0 unspecified atom stereocenters. The number of hydrogen-bond donors (Lipinski definition) is 0. The lowest BCUT2D eigenvalue weighted by Crippen LogP contribution is -2.07. The zero-order chi connectivity index (χ0) is 22.5. The Balaban J connectivity index is 1.42. The van der Waals surface area contributed by atoms with Crippen LogP contribution in [0.15, 0.2) is 60.9 Å². The highest BCUT2D eigenvalue weighted by Crippen LogP contribution is 2.25. The average molecular weight is 438 g/mol. The molecule has 0 saturated carbocycles. The Morgan fingerprint density at radius 1 is 1.12 bits per heavy atom. The van der Waals surface area contributed by atoms with Crippen molar-refractivity contribution >= 4 is 5.82 Å². The molecule has 4 rings (SSSR count). The Hall–Kier alpha value is -4.28. The minimum absolute atomic E-state index is 0.174. The van der Waals surface area contributed by atoms with Gasteiger partial charge in [0.15, 0.2) is 0 Å². The third kappa shape index (κ3) is 4.56. The summed E-state index contributed by atoms with van der Waals surface area (Å²) in [4.78, 5) is 14.1. The minimum Gasteiger partial charge on any atom is -0.491 e. The van der Waals surface area contributed by atoms with Gasteiger partial charge in [0.25, 0.3) is 0 Å². The number of ether oxygens (including phenoxy) is 2. The molecular weight excluding hydrogens is 419 g/mol. The number of rotatable bonds is 9. The highest BCUT2D eigenvalue weighted by molar-refractivity contribution is 5.58. The molecule has 2 aromatic carbocycles. The van der Waals surface area contributed by atoms with Crippen molar-refractivity contribution in [3.05, 3.63) is 76.9 Å². The molecule has 0 aliphatic carbocycles. The first-order valence-electron chi connectivity index (χ1n) is 9.71. The van der Waals surface area contributed by atoms with Gasteiger partial charge in [0.05, 0.1) is 19.9 Å². The van der Waals surface area contributed by atoms with Crippen molar-refractivity contribution < 1.29 is 18.8 Å². The molecule has 0 spiro atoms. The smallest absolute Gasteiger partial charge is 0.413 e. The van der Waals surface area contributed by atoms with Gasteiger partial charge in [-0.05, 0) is 47.7 Å². The van der Waals surface area contributed by atoms with E-state index in [0.717, 1.165) is 5.56 Å². The van der Waals surface area contributed by atoms with Crippen molar-refractivity contribution in [1.82, 2.24) is 24.5 Å². The van der Waals surface area contributed by atoms with Crippen molar-refractivity contribution in [2.24, 2.45) is 0 Å². The van der Waals surface area contributed by atoms with E-state index < -0.39 is 4.92 Å². The molecule has 0 saturated heterocycles. The molecule has 0 aliphatic heterocycles. The summed E-state index contributed by atoms with van der Waals surface area (Å²) in [5.74, 6) is 0.0192. The number of benzene rings is 2. The maximum absolute atomic E-state index is 13.2. The van der Waals surface area contributed by atoms with Crippen LogP contribution in [-0.4, -0.2) is 43.2 Å². The van der Waals surface area contributed by atoms with Gasteiger partial charge >= 0.3 is 11.8 Å². The van der Waals surface area contributed by atoms with Crippen LogP contribution in [0.3, 0.4) is 0 Å². The van der Waals surface area contributed by atoms with Gasteiger partial charge in [-0.15, -0.1) is 5.10 Å². The third-order valence-electron chi connectivity index (χ3n) is 4.64. The van der Waals surface area contributed by atoms with Crippen LogP contribution in [-0.2, 0) is 6.54 Å². The molecule has 2 heterocycles.